The summed E-state index contributed by atoms with van der Waals surface area (Å²) in [5, 5.41) is 12.0. The maximum absolute atomic E-state index is 12.4. The molecule has 1 amide bonds. The molecule has 0 atom stereocenters. The number of aromatic hydroxyl groups is 1. The summed E-state index contributed by atoms with van der Waals surface area (Å²) in [6.07, 6.45) is 1.35. The third-order valence-electron chi connectivity index (χ3n) is 3.68. The lowest BCUT2D eigenvalue weighted by Gasteiger charge is -2.12. The molecule has 1 aromatic heterocycles. The second-order valence-corrected chi connectivity index (χ2v) is 5.67. The molecule has 10 heteroatoms. The van der Waals surface area contributed by atoms with Crippen LogP contribution in [0, 0.1) is 0 Å². The van der Waals surface area contributed by atoms with Gasteiger partial charge in [0.1, 0.15) is 5.56 Å². The number of aliphatic imine (C=N–C) groups is 1. The zero-order chi connectivity index (χ0) is 19.4. The van der Waals surface area contributed by atoms with Crippen molar-refractivity contribution in [3.8, 4) is 11.6 Å². The third-order valence-corrected chi connectivity index (χ3v) is 3.88. The molecule has 9 nitrogen and oxygen atoms in total. The van der Waals surface area contributed by atoms with Gasteiger partial charge in [-0.1, -0.05) is 36.4 Å². The van der Waals surface area contributed by atoms with E-state index in [1.54, 1.807) is 24.3 Å². The van der Waals surface area contributed by atoms with Gasteiger partial charge < -0.3 is 5.11 Å². The maximum atomic E-state index is 12.4. The van der Waals surface area contributed by atoms with Crippen LogP contribution in [0.15, 0.2) is 57.0 Å². The molecule has 3 aromatic rings. The molecular weight excluding hydrogens is 370 g/mol. The molecule has 0 fully saturated rings. The molecule has 4 N–H and O–H groups in total. The summed E-state index contributed by atoms with van der Waals surface area (Å²) < 4.78 is 0.977. The largest absolute Gasteiger partial charge is 0.493 e. The standard InChI is InChI=1S/C17H13N5O4S/c23-9-19-21-16(27)18-8-12-14(24)20-17(26)22(15(12)25)13-7-3-5-10-4-1-2-6-11(10)13/h1-9,25H,(H,19,23)(H,21,27)(H,20,24,26). The monoisotopic (exact) mass is 383 g/mol. The van der Waals surface area contributed by atoms with Crippen LogP contribution in [-0.4, -0.2) is 32.4 Å². The normalized spacial score (nSPS) is 10.8. The SMILES string of the molecule is O=CNNC(=S)N=Cc1c(O)n(-c2cccc3ccccc23)c(=O)[nH]c1=O. The Morgan fingerprint density at radius 2 is 1.93 bits per heavy atom. The molecule has 0 bridgehead atoms. The van der Waals surface area contributed by atoms with Gasteiger partial charge in [0.25, 0.3) is 5.56 Å². The highest BCUT2D eigenvalue weighted by Crippen LogP contribution is 2.24. The van der Waals surface area contributed by atoms with Gasteiger partial charge in [-0.2, -0.15) is 0 Å². The molecule has 0 saturated carbocycles. The fraction of sp³-hybridized carbons (Fsp3) is 0. The average molecular weight is 383 g/mol. The van der Waals surface area contributed by atoms with Gasteiger partial charge in [0.2, 0.25) is 17.4 Å². The van der Waals surface area contributed by atoms with Gasteiger partial charge >= 0.3 is 5.69 Å². The number of H-pyrrole nitrogens is 1. The molecule has 0 aliphatic heterocycles. The highest BCUT2D eigenvalue weighted by Gasteiger charge is 2.16. The predicted octanol–water partition coefficient (Wildman–Crippen LogP) is 0.339. The summed E-state index contributed by atoms with van der Waals surface area (Å²) in [6.45, 7) is 0. The van der Waals surface area contributed by atoms with Crippen LogP contribution in [0.25, 0.3) is 16.5 Å². The Bertz CT molecular complexity index is 1180. The second-order valence-electron chi connectivity index (χ2n) is 5.28. The van der Waals surface area contributed by atoms with Crippen LogP contribution < -0.4 is 22.1 Å². The number of amides is 1. The van der Waals surface area contributed by atoms with Crippen molar-refractivity contribution in [1.82, 2.24) is 20.4 Å². The molecule has 136 valence electrons. The number of thiocarbonyl (C=S) groups is 1. The molecular formula is C17H13N5O4S. The van der Waals surface area contributed by atoms with Gasteiger partial charge in [-0.15, -0.1) is 0 Å². The van der Waals surface area contributed by atoms with Crippen molar-refractivity contribution >= 4 is 40.7 Å². The first kappa shape index (κ1) is 18.0. The lowest BCUT2D eigenvalue weighted by molar-refractivity contribution is -0.110. The molecule has 0 aliphatic rings. The van der Waals surface area contributed by atoms with E-state index in [0.717, 1.165) is 16.2 Å². The third kappa shape index (κ3) is 3.60. The number of fused-ring (bicyclic) bond motifs is 1. The smallest absolute Gasteiger partial charge is 0.335 e. The molecule has 0 aliphatic carbocycles. The van der Waals surface area contributed by atoms with E-state index < -0.39 is 17.1 Å². The number of rotatable bonds is 4. The summed E-state index contributed by atoms with van der Waals surface area (Å²) in [5.41, 5.74) is 2.87. The van der Waals surface area contributed by atoms with Crippen LogP contribution in [-0.2, 0) is 4.79 Å². The Morgan fingerprint density at radius 1 is 1.19 bits per heavy atom. The number of hydrogen-bond donors (Lipinski definition) is 4. The van der Waals surface area contributed by atoms with Gasteiger partial charge in [0.05, 0.1) is 5.69 Å². The molecule has 27 heavy (non-hydrogen) atoms. The Hall–Kier alpha value is -3.79. The van der Waals surface area contributed by atoms with Crippen LogP contribution in [0.4, 0.5) is 0 Å². The quantitative estimate of drug-likeness (QED) is 0.223. The number of nitrogens with zero attached hydrogens (tertiary/aromatic N) is 2. The molecule has 3 rings (SSSR count). The van der Waals surface area contributed by atoms with E-state index in [2.05, 4.69) is 20.8 Å². The Morgan fingerprint density at radius 3 is 2.70 bits per heavy atom. The van der Waals surface area contributed by atoms with Gasteiger partial charge in [-0.05, 0) is 23.7 Å². The number of benzene rings is 2. The van der Waals surface area contributed by atoms with Crippen LogP contribution in [0.3, 0.4) is 0 Å². The molecule has 0 spiro atoms. The highest BCUT2D eigenvalue weighted by atomic mass is 32.1. The van der Waals surface area contributed by atoms with Crippen molar-refractivity contribution in [2.24, 2.45) is 4.99 Å². The molecule has 0 radical (unpaired) electrons. The summed E-state index contributed by atoms with van der Waals surface area (Å²) in [5.74, 6) is -0.588. The van der Waals surface area contributed by atoms with Crippen molar-refractivity contribution in [1.29, 1.82) is 0 Å². The summed E-state index contributed by atoms with van der Waals surface area (Å²) in [7, 11) is 0. The predicted molar refractivity (Wildman–Crippen MR) is 104 cm³/mol. The van der Waals surface area contributed by atoms with E-state index in [1.165, 1.54) is 0 Å². The number of nitrogens with one attached hydrogen (secondary N) is 3. The zero-order valence-corrected chi connectivity index (χ0v) is 14.5. The summed E-state index contributed by atoms with van der Waals surface area (Å²) in [4.78, 5) is 40.6. The number of hydrogen-bond acceptors (Lipinski definition) is 5. The minimum absolute atomic E-state index is 0.149. The summed E-state index contributed by atoms with van der Waals surface area (Å²) >= 11 is 4.83. The number of hydrazine groups is 1. The zero-order valence-electron chi connectivity index (χ0n) is 13.7. The van der Waals surface area contributed by atoms with Crippen LogP contribution in [0.5, 0.6) is 5.88 Å². The minimum atomic E-state index is -0.830. The van der Waals surface area contributed by atoms with E-state index >= 15 is 0 Å². The fourth-order valence-corrected chi connectivity index (χ4v) is 2.64. The average Bonchev–Trinajstić information content (AvgIpc) is 2.66. The van der Waals surface area contributed by atoms with Crippen LogP contribution in [0.2, 0.25) is 0 Å². The van der Waals surface area contributed by atoms with E-state index in [-0.39, 0.29) is 10.7 Å². The first-order chi connectivity index (χ1) is 13.0. The lowest BCUT2D eigenvalue weighted by Crippen LogP contribution is -2.34. The highest BCUT2D eigenvalue weighted by molar-refractivity contribution is 7.80. The van der Waals surface area contributed by atoms with Crippen molar-refractivity contribution in [2.45, 2.75) is 0 Å². The molecule has 1 heterocycles. The van der Waals surface area contributed by atoms with Crippen LogP contribution in [0.1, 0.15) is 5.56 Å². The van der Waals surface area contributed by atoms with Gasteiger partial charge in [0.15, 0.2) is 0 Å². The van der Waals surface area contributed by atoms with Crippen molar-refractivity contribution < 1.29 is 9.90 Å². The molecule has 0 saturated heterocycles. The van der Waals surface area contributed by atoms with Gasteiger partial charge in [0, 0.05) is 11.6 Å². The van der Waals surface area contributed by atoms with Crippen molar-refractivity contribution in [2.75, 3.05) is 0 Å². The summed E-state index contributed by atoms with van der Waals surface area (Å²) in [6, 6.07) is 12.5. The van der Waals surface area contributed by atoms with Crippen LogP contribution >= 0.6 is 12.2 Å². The van der Waals surface area contributed by atoms with Gasteiger partial charge in [-0.25, -0.2) is 14.4 Å². The molecule has 2 aromatic carbocycles. The molecule has 0 unspecified atom stereocenters. The number of carbonyl (C=O) groups excluding carboxylic acids is 1. The number of carbonyl (C=O) groups is 1. The minimum Gasteiger partial charge on any atom is -0.493 e. The van der Waals surface area contributed by atoms with Gasteiger partial charge in [-0.3, -0.25) is 25.4 Å². The number of aromatic nitrogens is 2. The lowest BCUT2D eigenvalue weighted by atomic mass is 10.1. The second kappa shape index (κ2) is 7.62. The van der Waals surface area contributed by atoms with E-state index in [1.807, 2.05) is 18.2 Å². The topological polar surface area (TPSA) is 129 Å². The Kier molecular flexibility index (Phi) is 5.08. The fourth-order valence-electron chi connectivity index (χ4n) is 2.53. The van der Waals surface area contributed by atoms with E-state index in [9.17, 15) is 19.5 Å². The van der Waals surface area contributed by atoms with E-state index in [4.69, 9.17) is 12.2 Å². The Labute approximate surface area is 157 Å². The van der Waals surface area contributed by atoms with Crippen molar-refractivity contribution in [3.63, 3.8) is 0 Å². The first-order valence-corrected chi connectivity index (χ1v) is 8.03. The van der Waals surface area contributed by atoms with Crippen molar-refractivity contribution in [3.05, 3.63) is 68.9 Å². The first-order valence-electron chi connectivity index (χ1n) is 7.62. The Balaban J connectivity index is 2.16. The van der Waals surface area contributed by atoms with E-state index in [0.29, 0.717) is 17.5 Å². The number of aromatic amines is 1. The maximum Gasteiger partial charge on any atom is 0.335 e.